The maximum atomic E-state index is 12.9. The van der Waals surface area contributed by atoms with Crippen LogP contribution in [0.1, 0.15) is 38.5 Å². The van der Waals surface area contributed by atoms with Gasteiger partial charge in [-0.15, -0.1) is 13.2 Å². The Morgan fingerprint density at radius 3 is 2.22 bits per heavy atom. The molecule has 0 aromatic heterocycles. The first kappa shape index (κ1) is 19.5. The number of alkyl halides is 3. The van der Waals surface area contributed by atoms with Crippen molar-refractivity contribution in [3.63, 3.8) is 0 Å². The Kier molecular flexibility index (Phi) is 4.83. The van der Waals surface area contributed by atoms with Gasteiger partial charge >= 0.3 is 12.3 Å². The maximum absolute atomic E-state index is 12.9. The largest absolute Gasteiger partial charge is 0.573 e. The predicted molar refractivity (Wildman–Crippen MR) is 88.2 cm³/mol. The zero-order valence-electron chi connectivity index (χ0n) is 14.5. The van der Waals surface area contributed by atoms with Gasteiger partial charge in [0.05, 0.1) is 17.4 Å². The zero-order chi connectivity index (χ0) is 19.9. The van der Waals surface area contributed by atoms with Crippen molar-refractivity contribution in [2.45, 2.75) is 50.5 Å². The molecule has 3 rings (SSSR count). The standard InChI is InChI=1S/C18H20F3NO5/c19-18(20,21)27-13-3-1-12(2-4-13)22-10-9-16(15(22)25)5-7-17(26,8-6-16)11-14(23)24/h1-4,26H,5-11H2,(H,23,24)/t16-,17+. The van der Waals surface area contributed by atoms with Crippen molar-refractivity contribution >= 4 is 17.6 Å². The monoisotopic (exact) mass is 387 g/mol. The van der Waals surface area contributed by atoms with E-state index in [4.69, 9.17) is 5.11 Å². The van der Waals surface area contributed by atoms with Crippen LogP contribution in [0.15, 0.2) is 24.3 Å². The predicted octanol–water partition coefficient (Wildman–Crippen LogP) is 3.09. The second-order valence-electron chi connectivity index (χ2n) is 7.32. The van der Waals surface area contributed by atoms with Crippen LogP contribution in [0.2, 0.25) is 0 Å². The number of benzene rings is 1. The number of carboxylic acids is 1. The van der Waals surface area contributed by atoms with E-state index in [9.17, 15) is 27.9 Å². The summed E-state index contributed by atoms with van der Waals surface area (Å²) < 4.78 is 40.6. The highest BCUT2D eigenvalue weighted by Crippen LogP contribution is 2.49. The molecule has 0 radical (unpaired) electrons. The first-order chi connectivity index (χ1) is 12.5. The highest BCUT2D eigenvalue weighted by atomic mass is 19.4. The molecule has 1 spiro atoms. The van der Waals surface area contributed by atoms with Crippen molar-refractivity contribution in [1.82, 2.24) is 0 Å². The zero-order valence-corrected chi connectivity index (χ0v) is 14.5. The van der Waals surface area contributed by atoms with Crippen molar-refractivity contribution in [2.24, 2.45) is 5.41 Å². The van der Waals surface area contributed by atoms with Crippen LogP contribution < -0.4 is 9.64 Å². The summed E-state index contributed by atoms with van der Waals surface area (Å²) in [5.41, 5.74) is -1.45. The van der Waals surface area contributed by atoms with Crippen LogP contribution in [0.3, 0.4) is 0 Å². The summed E-state index contributed by atoms with van der Waals surface area (Å²) in [6.07, 6.45) is -3.31. The lowest BCUT2D eigenvalue weighted by atomic mass is 9.67. The van der Waals surface area contributed by atoms with Gasteiger partial charge in [0.1, 0.15) is 5.75 Å². The highest BCUT2D eigenvalue weighted by molar-refractivity contribution is 6.00. The molecule has 148 valence electrons. The van der Waals surface area contributed by atoms with Crippen LogP contribution in [0, 0.1) is 5.41 Å². The summed E-state index contributed by atoms with van der Waals surface area (Å²) in [6, 6.07) is 5.13. The van der Waals surface area contributed by atoms with Crippen LogP contribution in [0.4, 0.5) is 18.9 Å². The summed E-state index contributed by atoms with van der Waals surface area (Å²) >= 11 is 0. The smallest absolute Gasteiger partial charge is 0.481 e. The topological polar surface area (TPSA) is 87.1 Å². The van der Waals surface area contributed by atoms with Crippen LogP contribution in [0.5, 0.6) is 5.75 Å². The Balaban J connectivity index is 1.68. The summed E-state index contributed by atoms with van der Waals surface area (Å²) in [6.45, 7) is 0.426. The molecular weight excluding hydrogens is 367 g/mol. The third-order valence-corrected chi connectivity index (χ3v) is 5.51. The molecule has 0 atom stereocenters. The lowest BCUT2D eigenvalue weighted by Crippen LogP contribution is -2.44. The van der Waals surface area contributed by atoms with Gasteiger partial charge in [-0.2, -0.15) is 0 Å². The molecular formula is C18H20F3NO5. The highest BCUT2D eigenvalue weighted by Gasteiger charge is 2.51. The molecule has 6 nitrogen and oxygen atoms in total. The maximum Gasteiger partial charge on any atom is 0.573 e. The molecule has 2 N–H and O–H groups in total. The first-order valence-corrected chi connectivity index (χ1v) is 8.64. The number of halogens is 3. The Morgan fingerprint density at radius 2 is 1.70 bits per heavy atom. The number of ether oxygens (including phenoxy) is 1. The lowest BCUT2D eigenvalue weighted by Gasteiger charge is -2.40. The summed E-state index contributed by atoms with van der Waals surface area (Å²) in [4.78, 5) is 25.4. The van der Waals surface area contributed by atoms with E-state index in [2.05, 4.69) is 4.74 Å². The first-order valence-electron chi connectivity index (χ1n) is 8.64. The molecule has 1 heterocycles. The van der Waals surface area contributed by atoms with Gasteiger partial charge in [0.15, 0.2) is 0 Å². The molecule has 1 amide bonds. The van der Waals surface area contributed by atoms with E-state index in [1.807, 2.05) is 0 Å². The third-order valence-electron chi connectivity index (χ3n) is 5.51. The molecule has 1 aliphatic carbocycles. The Hall–Kier alpha value is -2.29. The molecule has 1 aromatic carbocycles. The van der Waals surface area contributed by atoms with Crippen LogP contribution in [-0.2, 0) is 9.59 Å². The number of carbonyl (C=O) groups is 2. The van der Waals surface area contributed by atoms with Crippen molar-refractivity contribution in [2.75, 3.05) is 11.4 Å². The number of amides is 1. The molecule has 1 saturated carbocycles. The van der Waals surface area contributed by atoms with Crippen LogP contribution >= 0.6 is 0 Å². The molecule has 1 saturated heterocycles. The van der Waals surface area contributed by atoms with Gasteiger partial charge in [-0.1, -0.05) is 0 Å². The minimum Gasteiger partial charge on any atom is -0.481 e. The molecule has 1 aromatic rings. The molecule has 27 heavy (non-hydrogen) atoms. The number of carbonyl (C=O) groups excluding carboxylic acids is 1. The number of rotatable bonds is 4. The van der Waals surface area contributed by atoms with E-state index in [-0.39, 0.29) is 30.9 Å². The van der Waals surface area contributed by atoms with E-state index in [1.165, 1.54) is 17.0 Å². The van der Waals surface area contributed by atoms with Crippen molar-refractivity contribution < 1.29 is 37.7 Å². The average Bonchev–Trinajstić information content (AvgIpc) is 2.87. The Morgan fingerprint density at radius 1 is 1.11 bits per heavy atom. The number of anilines is 1. The second-order valence-corrected chi connectivity index (χ2v) is 7.32. The summed E-state index contributed by atoms with van der Waals surface area (Å²) in [5.74, 6) is -1.57. The fourth-order valence-electron chi connectivity index (χ4n) is 4.01. The summed E-state index contributed by atoms with van der Waals surface area (Å²) in [5, 5.41) is 19.3. The van der Waals surface area contributed by atoms with E-state index >= 15 is 0 Å². The second kappa shape index (κ2) is 6.70. The molecule has 9 heteroatoms. The van der Waals surface area contributed by atoms with Crippen molar-refractivity contribution in [3.8, 4) is 5.75 Å². The molecule has 2 aliphatic rings. The van der Waals surface area contributed by atoms with Crippen LogP contribution in [0.25, 0.3) is 0 Å². The number of aliphatic hydroxyl groups is 1. The number of hydrogen-bond acceptors (Lipinski definition) is 4. The number of carboxylic acid groups (broad SMARTS) is 1. The number of aliphatic carboxylic acids is 1. The number of hydrogen-bond donors (Lipinski definition) is 2. The van der Waals surface area contributed by atoms with Gasteiger partial charge < -0.3 is 19.8 Å². The molecule has 0 unspecified atom stereocenters. The molecule has 1 aliphatic heterocycles. The van der Waals surface area contributed by atoms with E-state index in [0.29, 0.717) is 31.5 Å². The normalized spacial score (nSPS) is 28.6. The Labute approximate surface area is 153 Å². The number of nitrogens with zero attached hydrogens (tertiary/aromatic N) is 1. The minimum atomic E-state index is -4.77. The fourth-order valence-corrected chi connectivity index (χ4v) is 4.01. The quantitative estimate of drug-likeness (QED) is 0.829. The molecule has 0 bridgehead atoms. The lowest BCUT2D eigenvalue weighted by molar-refractivity contribution is -0.274. The molecule has 2 fully saturated rings. The van der Waals surface area contributed by atoms with Crippen molar-refractivity contribution in [1.29, 1.82) is 0 Å². The minimum absolute atomic E-state index is 0.135. The van der Waals surface area contributed by atoms with E-state index < -0.39 is 23.3 Å². The van der Waals surface area contributed by atoms with Gasteiger partial charge in [-0.05, 0) is 56.4 Å². The third kappa shape index (κ3) is 4.18. The van der Waals surface area contributed by atoms with Gasteiger partial charge in [0, 0.05) is 12.2 Å². The van der Waals surface area contributed by atoms with E-state index in [1.54, 1.807) is 0 Å². The van der Waals surface area contributed by atoms with Gasteiger partial charge in [0.25, 0.3) is 0 Å². The van der Waals surface area contributed by atoms with Crippen molar-refractivity contribution in [3.05, 3.63) is 24.3 Å². The average molecular weight is 387 g/mol. The summed E-state index contributed by atoms with van der Waals surface area (Å²) in [7, 11) is 0. The van der Waals surface area contributed by atoms with Gasteiger partial charge in [0.2, 0.25) is 5.91 Å². The van der Waals surface area contributed by atoms with Gasteiger partial charge in [-0.25, -0.2) is 0 Å². The van der Waals surface area contributed by atoms with Gasteiger partial charge in [-0.3, -0.25) is 9.59 Å². The van der Waals surface area contributed by atoms with Crippen LogP contribution in [-0.4, -0.2) is 40.6 Å². The SMILES string of the molecule is O=C(O)C[C@]1(O)CC[C@]2(CCN(c3ccc(OC(F)(F)F)cc3)C2=O)CC1. The van der Waals surface area contributed by atoms with E-state index in [0.717, 1.165) is 12.1 Å². The Bertz CT molecular complexity index is 724. The fraction of sp³-hybridized carbons (Fsp3) is 0.556.